The molecule has 0 bridgehead atoms. The molecule has 5 nitrogen and oxygen atoms in total. The van der Waals surface area contributed by atoms with Gasteiger partial charge < -0.3 is 16.8 Å². The summed E-state index contributed by atoms with van der Waals surface area (Å²) in [5, 5.41) is 2.10. The van der Waals surface area contributed by atoms with Gasteiger partial charge in [0.2, 0.25) is 11.9 Å². The van der Waals surface area contributed by atoms with Gasteiger partial charge in [0.05, 0.1) is 11.1 Å². The first-order valence-electron chi connectivity index (χ1n) is 5.56. The van der Waals surface area contributed by atoms with Gasteiger partial charge >= 0.3 is 12.4 Å². The molecule has 1 rings (SSSR count). The Hall–Kier alpha value is -2.46. The highest BCUT2D eigenvalue weighted by Crippen LogP contribution is 2.37. The van der Waals surface area contributed by atoms with E-state index in [0.717, 1.165) is 0 Å². The zero-order chi connectivity index (χ0) is 17.1. The molecule has 0 saturated carbocycles. The van der Waals surface area contributed by atoms with E-state index < -0.39 is 35.1 Å². The van der Waals surface area contributed by atoms with Gasteiger partial charge in [-0.15, -0.1) is 0 Å². The molecule has 0 aliphatic rings. The first-order valence-corrected chi connectivity index (χ1v) is 5.56. The summed E-state index contributed by atoms with van der Waals surface area (Å²) in [6.07, 6.45) is -9.90. The van der Waals surface area contributed by atoms with Crippen LogP contribution in [0.4, 0.5) is 32.0 Å². The minimum absolute atomic E-state index is 0.000373. The molecular formula is C11H11F6N5. The SMILES string of the molecule is CN=C(N)N=C(N)Nc1cc(C(F)(F)F)cc(C(F)(F)F)c1. The van der Waals surface area contributed by atoms with Gasteiger partial charge in [-0.05, 0) is 18.2 Å². The van der Waals surface area contributed by atoms with E-state index in [1.165, 1.54) is 7.05 Å². The van der Waals surface area contributed by atoms with Crippen LogP contribution in [0.5, 0.6) is 0 Å². The summed E-state index contributed by atoms with van der Waals surface area (Å²) in [5.74, 6) is -0.802. The molecule has 5 N–H and O–H groups in total. The zero-order valence-electron chi connectivity index (χ0n) is 11.0. The van der Waals surface area contributed by atoms with Crippen LogP contribution in [0.2, 0.25) is 0 Å². The normalized spacial score (nSPS) is 14.1. The predicted octanol–water partition coefficient (Wildman–Crippen LogP) is 2.40. The molecular weight excluding hydrogens is 316 g/mol. The third-order valence-corrected chi connectivity index (χ3v) is 2.32. The summed E-state index contributed by atoms with van der Waals surface area (Å²) in [5.41, 5.74) is 7.04. The summed E-state index contributed by atoms with van der Waals surface area (Å²) in [7, 11) is 1.28. The molecule has 1 aromatic rings. The van der Waals surface area contributed by atoms with Crippen LogP contribution in [0.1, 0.15) is 11.1 Å². The number of aliphatic imine (C=N–C) groups is 2. The molecule has 0 aliphatic heterocycles. The molecule has 1 aromatic carbocycles. The highest BCUT2D eigenvalue weighted by molar-refractivity contribution is 6.00. The molecule has 0 amide bonds. The van der Waals surface area contributed by atoms with Crippen LogP contribution in [0.3, 0.4) is 0 Å². The fourth-order valence-corrected chi connectivity index (χ4v) is 1.38. The molecule has 0 spiro atoms. The molecule has 0 unspecified atom stereocenters. The summed E-state index contributed by atoms with van der Waals surface area (Å²) in [6, 6.07) is 0.939. The number of anilines is 1. The number of nitrogens with one attached hydrogen (secondary N) is 1. The summed E-state index contributed by atoms with van der Waals surface area (Å²) >= 11 is 0. The maximum atomic E-state index is 12.6. The maximum absolute atomic E-state index is 12.6. The van der Waals surface area contributed by atoms with Crippen molar-refractivity contribution in [2.24, 2.45) is 21.5 Å². The van der Waals surface area contributed by atoms with E-state index in [1.807, 2.05) is 0 Å². The minimum atomic E-state index is -4.95. The minimum Gasteiger partial charge on any atom is -0.369 e. The Bertz CT molecular complexity index is 570. The van der Waals surface area contributed by atoms with E-state index in [0.29, 0.717) is 12.1 Å². The van der Waals surface area contributed by atoms with Gasteiger partial charge in [0.1, 0.15) is 0 Å². The van der Waals surface area contributed by atoms with Crippen molar-refractivity contribution in [1.29, 1.82) is 0 Å². The number of halogens is 6. The lowest BCUT2D eigenvalue weighted by molar-refractivity contribution is -0.143. The van der Waals surface area contributed by atoms with Gasteiger partial charge in [-0.1, -0.05) is 0 Å². The number of guanidine groups is 2. The van der Waals surface area contributed by atoms with Gasteiger partial charge in [-0.3, -0.25) is 4.99 Å². The predicted molar refractivity (Wildman–Crippen MR) is 69.2 cm³/mol. The third kappa shape index (κ3) is 4.82. The molecule has 11 heteroatoms. The van der Waals surface area contributed by atoms with Crippen molar-refractivity contribution in [3.05, 3.63) is 29.3 Å². The van der Waals surface area contributed by atoms with Crippen LogP contribution < -0.4 is 16.8 Å². The highest BCUT2D eigenvalue weighted by atomic mass is 19.4. The van der Waals surface area contributed by atoms with E-state index in [9.17, 15) is 26.3 Å². The number of rotatable bonds is 1. The average Bonchev–Trinajstić information content (AvgIpc) is 2.35. The molecule has 0 radical (unpaired) electrons. The number of alkyl halides is 6. The lowest BCUT2D eigenvalue weighted by atomic mass is 10.1. The van der Waals surface area contributed by atoms with Crippen LogP contribution in [-0.2, 0) is 12.4 Å². The Labute approximate surface area is 120 Å². The Morgan fingerprint density at radius 2 is 1.41 bits per heavy atom. The Morgan fingerprint density at radius 1 is 0.955 bits per heavy atom. The number of nitrogens with two attached hydrogens (primary N) is 2. The van der Waals surface area contributed by atoms with Crippen molar-refractivity contribution in [3.63, 3.8) is 0 Å². The monoisotopic (exact) mass is 327 g/mol. The van der Waals surface area contributed by atoms with Crippen molar-refractivity contribution in [1.82, 2.24) is 0 Å². The lowest BCUT2D eigenvalue weighted by Crippen LogP contribution is -2.26. The quantitative estimate of drug-likeness (QED) is 0.420. The summed E-state index contributed by atoms with van der Waals surface area (Å²) < 4.78 is 75.9. The second-order valence-electron chi connectivity index (χ2n) is 4.00. The fraction of sp³-hybridized carbons (Fsp3) is 0.273. The van der Waals surface area contributed by atoms with Crippen LogP contribution in [0, 0.1) is 0 Å². The van der Waals surface area contributed by atoms with Crippen LogP contribution >= 0.6 is 0 Å². The molecule has 0 atom stereocenters. The second-order valence-corrected chi connectivity index (χ2v) is 4.00. The number of benzene rings is 1. The molecule has 0 aliphatic carbocycles. The van der Waals surface area contributed by atoms with Crippen molar-refractivity contribution in [2.75, 3.05) is 12.4 Å². The van der Waals surface area contributed by atoms with Crippen molar-refractivity contribution in [2.45, 2.75) is 12.4 Å². The van der Waals surface area contributed by atoms with Crippen LogP contribution in [0.25, 0.3) is 0 Å². The van der Waals surface area contributed by atoms with Gasteiger partial charge in [0.25, 0.3) is 0 Å². The maximum Gasteiger partial charge on any atom is 0.416 e. The first kappa shape index (κ1) is 17.6. The topological polar surface area (TPSA) is 88.8 Å². The highest BCUT2D eigenvalue weighted by Gasteiger charge is 2.36. The van der Waals surface area contributed by atoms with E-state index in [4.69, 9.17) is 11.5 Å². The third-order valence-electron chi connectivity index (χ3n) is 2.32. The van der Waals surface area contributed by atoms with Gasteiger partial charge in [0.15, 0.2) is 0 Å². The van der Waals surface area contributed by atoms with Crippen LogP contribution in [0.15, 0.2) is 28.2 Å². The Kier molecular flexibility index (Phi) is 4.89. The second kappa shape index (κ2) is 6.12. The average molecular weight is 327 g/mol. The van der Waals surface area contributed by atoms with Gasteiger partial charge in [0, 0.05) is 12.7 Å². The van der Waals surface area contributed by atoms with Gasteiger partial charge in [-0.2, -0.15) is 31.3 Å². The number of hydrogen-bond acceptors (Lipinski definition) is 1. The van der Waals surface area contributed by atoms with Gasteiger partial charge in [-0.25, -0.2) is 0 Å². The molecule has 0 heterocycles. The lowest BCUT2D eigenvalue weighted by Gasteiger charge is -2.14. The number of nitrogens with zero attached hydrogens (tertiary/aromatic N) is 2. The standard InChI is InChI=1S/C11H11F6N5/c1-20-8(18)22-9(19)21-7-3-5(10(12,13)14)2-6(4-7)11(15,16)17/h2-4H,1H3,(H5,18,19,20,21,22). The molecule has 122 valence electrons. The molecule has 0 aromatic heterocycles. The Balaban J connectivity index is 3.28. The van der Waals surface area contributed by atoms with Crippen molar-refractivity contribution in [3.8, 4) is 0 Å². The summed E-state index contributed by atoms with van der Waals surface area (Å²) in [4.78, 5) is 6.83. The summed E-state index contributed by atoms with van der Waals surface area (Å²) in [6.45, 7) is 0. The van der Waals surface area contributed by atoms with E-state index in [1.54, 1.807) is 0 Å². The zero-order valence-corrected chi connectivity index (χ0v) is 11.0. The van der Waals surface area contributed by atoms with E-state index in [-0.39, 0.29) is 12.0 Å². The van der Waals surface area contributed by atoms with E-state index >= 15 is 0 Å². The van der Waals surface area contributed by atoms with Crippen molar-refractivity contribution < 1.29 is 26.3 Å². The molecule has 0 fully saturated rings. The first-order chi connectivity index (χ1) is 9.93. The van der Waals surface area contributed by atoms with E-state index in [2.05, 4.69) is 15.3 Å². The van der Waals surface area contributed by atoms with Crippen LogP contribution in [-0.4, -0.2) is 19.0 Å². The fourth-order valence-electron chi connectivity index (χ4n) is 1.38. The Morgan fingerprint density at radius 3 is 1.77 bits per heavy atom. The molecule has 0 saturated heterocycles. The van der Waals surface area contributed by atoms with Crippen molar-refractivity contribution >= 4 is 17.6 Å². The number of hydrogen-bond donors (Lipinski definition) is 3. The smallest absolute Gasteiger partial charge is 0.369 e. The largest absolute Gasteiger partial charge is 0.416 e. The molecule has 22 heavy (non-hydrogen) atoms.